The molecule has 0 radical (unpaired) electrons. The minimum atomic E-state index is -0.704. The monoisotopic (exact) mass is 211 g/mol. The van der Waals surface area contributed by atoms with Crippen LogP contribution in [0.3, 0.4) is 0 Å². The van der Waals surface area contributed by atoms with Crippen LogP contribution in [0.15, 0.2) is 12.4 Å². The van der Waals surface area contributed by atoms with Crippen LogP contribution in [0.4, 0.5) is 0 Å². The van der Waals surface area contributed by atoms with Crippen LogP contribution in [0.5, 0.6) is 5.75 Å². The first-order valence-electron chi connectivity index (χ1n) is 4.92. The van der Waals surface area contributed by atoms with E-state index in [1.54, 1.807) is 38.0 Å². The van der Waals surface area contributed by atoms with Gasteiger partial charge in [-0.25, -0.2) is 0 Å². The van der Waals surface area contributed by atoms with Gasteiger partial charge in [0.1, 0.15) is 5.54 Å². The smallest absolute Gasteiger partial charge is 0.247 e. The molecule has 0 aliphatic carbocycles. The number of nitrogens with one attached hydrogen (secondary N) is 1. The van der Waals surface area contributed by atoms with Gasteiger partial charge in [0, 0.05) is 7.05 Å². The fraction of sp³-hybridized carbons (Fsp3) is 0.600. The highest BCUT2D eigenvalue weighted by Gasteiger charge is 2.29. The lowest BCUT2D eigenvalue weighted by atomic mass is 10.1. The zero-order valence-electron chi connectivity index (χ0n) is 9.57. The van der Waals surface area contributed by atoms with Crippen molar-refractivity contribution in [2.75, 3.05) is 13.7 Å². The average molecular weight is 211 g/mol. The third-order valence-corrected chi connectivity index (χ3v) is 2.23. The third-order valence-electron chi connectivity index (χ3n) is 2.23. The molecule has 84 valence electrons. The van der Waals surface area contributed by atoms with Crippen molar-refractivity contribution in [3.8, 4) is 5.75 Å². The standard InChI is InChI=1S/C10H17N3O2/c1-5-15-8-6-12-13(7-8)10(2,3)9(14)11-4/h6-7H,5H2,1-4H3,(H,11,14). The summed E-state index contributed by atoms with van der Waals surface area (Å²) in [7, 11) is 1.61. The van der Waals surface area contributed by atoms with E-state index in [0.29, 0.717) is 12.4 Å². The van der Waals surface area contributed by atoms with Gasteiger partial charge in [0.25, 0.3) is 0 Å². The fourth-order valence-corrected chi connectivity index (χ4v) is 1.26. The minimum absolute atomic E-state index is 0.0892. The molecule has 0 fully saturated rings. The number of ether oxygens (including phenoxy) is 1. The van der Waals surface area contributed by atoms with Crippen molar-refractivity contribution in [3.63, 3.8) is 0 Å². The number of carbonyl (C=O) groups is 1. The quantitative estimate of drug-likeness (QED) is 0.800. The molecule has 1 N–H and O–H groups in total. The molecular weight excluding hydrogens is 194 g/mol. The van der Waals surface area contributed by atoms with Crippen LogP contribution in [0.2, 0.25) is 0 Å². The molecule has 15 heavy (non-hydrogen) atoms. The summed E-state index contributed by atoms with van der Waals surface area (Å²) in [6, 6.07) is 0. The highest BCUT2D eigenvalue weighted by Crippen LogP contribution is 2.18. The van der Waals surface area contributed by atoms with Crippen LogP contribution in [-0.4, -0.2) is 29.3 Å². The molecule has 0 bridgehead atoms. The molecule has 0 aliphatic rings. The molecule has 0 saturated carbocycles. The van der Waals surface area contributed by atoms with E-state index in [1.165, 1.54) is 0 Å². The summed E-state index contributed by atoms with van der Waals surface area (Å²) < 4.78 is 6.87. The number of hydrogen-bond donors (Lipinski definition) is 1. The molecule has 1 rings (SSSR count). The van der Waals surface area contributed by atoms with E-state index in [0.717, 1.165) is 0 Å². The van der Waals surface area contributed by atoms with Gasteiger partial charge >= 0.3 is 0 Å². The number of hydrogen-bond acceptors (Lipinski definition) is 3. The summed E-state index contributed by atoms with van der Waals surface area (Å²) in [5.74, 6) is 0.586. The van der Waals surface area contributed by atoms with Crippen molar-refractivity contribution >= 4 is 5.91 Å². The molecule has 1 amide bonds. The van der Waals surface area contributed by atoms with Crippen LogP contribution >= 0.6 is 0 Å². The Labute approximate surface area is 89.4 Å². The Balaban J connectivity index is 2.89. The van der Waals surface area contributed by atoms with Crippen LogP contribution < -0.4 is 10.1 Å². The molecule has 0 aromatic carbocycles. The lowest BCUT2D eigenvalue weighted by molar-refractivity contribution is -0.128. The van der Waals surface area contributed by atoms with Crippen molar-refractivity contribution in [2.45, 2.75) is 26.3 Å². The molecule has 1 heterocycles. The number of likely N-dealkylation sites (N-methyl/N-ethyl adjacent to an activating group) is 1. The van der Waals surface area contributed by atoms with E-state index in [1.807, 2.05) is 6.92 Å². The van der Waals surface area contributed by atoms with Crippen LogP contribution in [-0.2, 0) is 10.3 Å². The Morgan fingerprint density at radius 1 is 1.67 bits per heavy atom. The Bertz CT molecular complexity index is 344. The summed E-state index contributed by atoms with van der Waals surface area (Å²) >= 11 is 0. The molecule has 5 heteroatoms. The Kier molecular flexibility index (Phi) is 3.34. The highest BCUT2D eigenvalue weighted by molar-refractivity contribution is 5.83. The van der Waals surface area contributed by atoms with E-state index < -0.39 is 5.54 Å². The van der Waals surface area contributed by atoms with E-state index in [-0.39, 0.29) is 5.91 Å². The van der Waals surface area contributed by atoms with Gasteiger partial charge in [-0.2, -0.15) is 5.10 Å². The zero-order valence-corrected chi connectivity index (χ0v) is 9.57. The summed E-state index contributed by atoms with van der Waals surface area (Å²) in [6.07, 6.45) is 3.33. The van der Waals surface area contributed by atoms with E-state index in [4.69, 9.17) is 4.74 Å². The topological polar surface area (TPSA) is 56.2 Å². The molecule has 5 nitrogen and oxygen atoms in total. The lowest BCUT2D eigenvalue weighted by Gasteiger charge is -2.22. The first kappa shape index (κ1) is 11.6. The van der Waals surface area contributed by atoms with Crippen molar-refractivity contribution in [1.29, 1.82) is 0 Å². The molecular formula is C10H17N3O2. The number of nitrogens with zero attached hydrogens (tertiary/aromatic N) is 2. The molecule has 0 aliphatic heterocycles. The Hall–Kier alpha value is -1.52. The predicted octanol–water partition coefficient (Wildman–Crippen LogP) is 0.763. The molecule has 1 aromatic heterocycles. The van der Waals surface area contributed by atoms with Crippen LogP contribution in [0.1, 0.15) is 20.8 Å². The predicted molar refractivity (Wildman–Crippen MR) is 56.8 cm³/mol. The van der Waals surface area contributed by atoms with Gasteiger partial charge in [0.15, 0.2) is 5.75 Å². The lowest BCUT2D eigenvalue weighted by Crippen LogP contribution is -2.43. The number of carbonyl (C=O) groups excluding carboxylic acids is 1. The maximum Gasteiger partial charge on any atom is 0.247 e. The molecule has 0 unspecified atom stereocenters. The number of rotatable bonds is 4. The van der Waals surface area contributed by atoms with Gasteiger partial charge in [-0.15, -0.1) is 0 Å². The molecule has 0 spiro atoms. The van der Waals surface area contributed by atoms with Gasteiger partial charge in [-0.1, -0.05) is 0 Å². The molecule has 1 aromatic rings. The first-order valence-corrected chi connectivity index (χ1v) is 4.92. The Morgan fingerprint density at radius 3 is 2.87 bits per heavy atom. The van der Waals surface area contributed by atoms with Crippen molar-refractivity contribution in [2.24, 2.45) is 0 Å². The van der Waals surface area contributed by atoms with E-state index in [2.05, 4.69) is 10.4 Å². The largest absolute Gasteiger partial charge is 0.491 e. The van der Waals surface area contributed by atoms with Gasteiger partial charge in [-0.3, -0.25) is 9.48 Å². The SMILES string of the molecule is CCOc1cnn(C(C)(C)C(=O)NC)c1. The summed E-state index contributed by atoms with van der Waals surface area (Å²) in [5, 5.41) is 6.71. The Morgan fingerprint density at radius 2 is 2.33 bits per heavy atom. The van der Waals surface area contributed by atoms with Crippen LogP contribution in [0, 0.1) is 0 Å². The maximum absolute atomic E-state index is 11.6. The zero-order chi connectivity index (χ0) is 11.5. The van der Waals surface area contributed by atoms with Crippen molar-refractivity contribution in [1.82, 2.24) is 15.1 Å². The van der Waals surface area contributed by atoms with Gasteiger partial charge in [-0.05, 0) is 20.8 Å². The normalized spacial score (nSPS) is 11.2. The third kappa shape index (κ3) is 2.29. The second-order valence-electron chi connectivity index (χ2n) is 3.69. The van der Waals surface area contributed by atoms with E-state index >= 15 is 0 Å². The van der Waals surface area contributed by atoms with Gasteiger partial charge in [0.05, 0.1) is 19.0 Å². The summed E-state index contributed by atoms with van der Waals surface area (Å²) in [6.45, 7) is 6.09. The van der Waals surface area contributed by atoms with Crippen LogP contribution in [0.25, 0.3) is 0 Å². The highest BCUT2D eigenvalue weighted by atomic mass is 16.5. The average Bonchev–Trinajstić information content (AvgIpc) is 2.66. The second-order valence-corrected chi connectivity index (χ2v) is 3.69. The van der Waals surface area contributed by atoms with Gasteiger partial charge in [0.2, 0.25) is 5.91 Å². The van der Waals surface area contributed by atoms with Crippen molar-refractivity contribution in [3.05, 3.63) is 12.4 Å². The van der Waals surface area contributed by atoms with Gasteiger partial charge < -0.3 is 10.1 Å². The summed E-state index contributed by atoms with van der Waals surface area (Å²) in [5.41, 5.74) is -0.704. The number of amides is 1. The number of aromatic nitrogens is 2. The fourth-order valence-electron chi connectivity index (χ4n) is 1.26. The molecule has 0 atom stereocenters. The first-order chi connectivity index (χ1) is 7.02. The second kappa shape index (κ2) is 4.33. The summed E-state index contributed by atoms with van der Waals surface area (Å²) in [4.78, 5) is 11.6. The van der Waals surface area contributed by atoms with E-state index in [9.17, 15) is 4.79 Å². The minimum Gasteiger partial charge on any atom is -0.491 e. The molecule has 0 saturated heterocycles. The van der Waals surface area contributed by atoms with Crippen molar-refractivity contribution < 1.29 is 9.53 Å². The maximum atomic E-state index is 11.6.